The van der Waals surface area contributed by atoms with E-state index in [0.29, 0.717) is 0 Å². The molecule has 0 spiro atoms. The highest BCUT2D eigenvalue weighted by atomic mass is 16.6. The molecule has 0 radical (unpaired) electrons. The van der Waals surface area contributed by atoms with Crippen molar-refractivity contribution in [3.63, 3.8) is 0 Å². The summed E-state index contributed by atoms with van der Waals surface area (Å²) in [4.78, 5) is 46.7. The zero-order valence-corrected chi connectivity index (χ0v) is 15.2. The predicted octanol–water partition coefficient (Wildman–Crippen LogP) is 2.43. The third-order valence-corrected chi connectivity index (χ3v) is 3.68. The van der Waals surface area contributed by atoms with Gasteiger partial charge in [0.15, 0.2) is 0 Å². The quantitative estimate of drug-likeness (QED) is 0.453. The Morgan fingerprint density at radius 2 is 1.50 bits per heavy atom. The van der Waals surface area contributed by atoms with Gasteiger partial charge in [-0.3, -0.25) is 14.9 Å². The first kappa shape index (κ1) is 20.4. The van der Waals surface area contributed by atoms with Gasteiger partial charge in [-0.05, 0) is 30.3 Å². The molecule has 2 aromatic rings. The number of amides is 1. The van der Waals surface area contributed by atoms with E-state index in [1.54, 1.807) is 0 Å². The van der Waals surface area contributed by atoms with Gasteiger partial charge in [-0.2, -0.15) is 0 Å². The monoisotopic (exact) mass is 388 g/mol. The van der Waals surface area contributed by atoms with Crippen molar-refractivity contribution >= 4 is 29.2 Å². The molecule has 0 heterocycles. The van der Waals surface area contributed by atoms with E-state index >= 15 is 0 Å². The first-order chi connectivity index (χ1) is 13.3. The molecule has 0 bridgehead atoms. The smallest absolute Gasteiger partial charge is 0.337 e. The van der Waals surface area contributed by atoms with Gasteiger partial charge in [0, 0.05) is 11.8 Å². The van der Waals surface area contributed by atoms with Crippen molar-refractivity contribution in [1.29, 1.82) is 0 Å². The maximum absolute atomic E-state index is 12.6. The highest BCUT2D eigenvalue weighted by Crippen LogP contribution is 2.25. The minimum Gasteiger partial charge on any atom is -0.497 e. The molecule has 0 unspecified atom stereocenters. The molecule has 0 aliphatic heterocycles. The van der Waals surface area contributed by atoms with Gasteiger partial charge in [-0.1, -0.05) is 0 Å². The van der Waals surface area contributed by atoms with Gasteiger partial charge in [-0.25, -0.2) is 9.59 Å². The molecule has 0 aliphatic carbocycles. The van der Waals surface area contributed by atoms with E-state index in [4.69, 9.17) is 4.74 Å². The number of nitro benzene ring substituents is 1. The van der Waals surface area contributed by atoms with Crippen molar-refractivity contribution in [3.05, 3.63) is 63.2 Å². The average molecular weight is 388 g/mol. The fraction of sp³-hybridized carbons (Fsp3) is 0.167. The summed E-state index contributed by atoms with van der Waals surface area (Å²) in [6.45, 7) is 0. The lowest BCUT2D eigenvalue weighted by atomic mass is 10.1. The second-order valence-electron chi connectivity index (χ2n) is 5.38. The molecule has 146 valence electrons. The Hall–Kier alpha value is -3.95. The molecule has 0 saturated heterocycles. The van der Waals surface area contributed by atoms with Crippen LogP contribution in [0.15, 0.2) is 36.4 Å². The zero-order valence-electron chi connectivity index (χ0n) is 15.2. The van der Waals surface area contributed by atoms with Crippen molar-refractivity contribution in [1.82, 2.24) is 0 Å². The molecule has 0 aliphatic rings. The van der Waals surface area contributed by atoms with E-state index in [-0.39, 0.29) is 28.1 Å². The molecule has 0 aromatic heterocycles. The van der Waals surface area contributed by atoms with Gasteiger partial charge in [0.05, 0.1) is 37.4 Å². The number of ether oxygens (including phenoxy) is 3. The van der Waals surface area contributed by atoms with E-state index in [9.17, 15) is 24.5 Å². The predicted molar refractivity (Wildman–Crippen MR) is 96.7 cm³/mol. The van der Waals surface area contributed by atoms with Crippen LogP contribution in [0.4, 0.5) is 11.4 Å². The molecule has 0 atom stereocenters. The number of hydrogen-bond acceptors (Lipinski definition) is 8. The van der Waals surface area contributed by atoms with Gasteiger partial charge in [0.25, 0.3) is 11.6 Å². The molecular formula is C18H16N2O8. The zero-order chi connectivity index (χ0) is 20.8. The number of nitro groups is 1. The van der Waals surface area contributed by atoms with Gasteiger partial charge >= 0.3 is 11.9 Å². The van der Waals surface area contributed by atoms with Crippen molar-refractivity contribution in [3.8, 4) is 5.75 Å². The van der Waals surface area contributed by atoms with E-state index in [1.165, 1.54) is 37.4 Å². The summed E-state index contributed by atoms with van der Waals surface area (Å²) < 4.78 is 14.2. The second-order valence-corrected chi connectivity index (χ2v) is 5.38. The molecule has 10 heteroatoms. The first-order valence-corrected chi connectivity index (χ1v) is 7.76. The second kappa shape index (κ2) is 8.62. The number of hydrogen-bond donors (Lipinski definition) is 1. The van der Waals surface area contributed by atoms with Gasteiger partial charge in [0.2, 0.25) is 0 Å². The van der Waals surface area contributed by atoms with E-state index < -0.39 is 28.5 Å². The molecular weight excluding hydrogens is 372 g/mol. The highest BCUT2D eigenvalue weighted by molar-refractivity contribution is 6.08. The summed E-state index contributed by atoms with van der Waals surface area (Å²) in [5.74, 6) is -2.07. The van der Waals surface area contributed by atoms with Crippen molar-refractivity contribution in [2.75, 3.05) is 26.6 Å². The summed E-state index contributed by atoms with van der Waals surface area (Å²) in [5, 5.41) is 13.6. The third-order valence-electron chi connectivity index (χ3n) is 3.68. The summed E-state index contributed by atoms with van der Waals surface area (Å²) in [6, 6.07) is 7.46. The Morgan fingerprint density at radius 1 is 0.929 bits per heavy atom. The lowest BCUT2D eigenvalue weighted by Crippen LogP contribution is -2.16. The topological polar surface area (TPSA) is 134 Å². The van der Waals surface area contributed by atoms with Crippen LogP contribution in [0.5, 0.6) is 5.75 Å². The van der Waals surface area contributed by atoms with E-state index in [2.05, 4.69) is 14.8 Å². The number of nitrogens with zero attached hydrogens (tertiary/aromatic N) is 1. The number of carbonyl (C=O) groups excluding carboxylic acids is 3. The number of esters is 2. The number of anilines is 1. The molecule has 1 amide bonds. The Kier molecular flexibility index (Phi) is 6.27. The van der Waals surface area contributed by atoms with Crippen LogP contribution in [0.2, 0.25) is 0 Å². The third kappa shape index (κ3) is 4.41. The Labute approximate surface area is 159 Å². The molecule has 2 aromatic carbocycles. The Morgan fingerprint density at radius 3 is 1.96 bits per heavy atom. The molecule has 1 N–H and O–H groups in total. The van der Waals surface area contributed by atoms with Crippen LogP contribution >= 0.6 is 0 Å². The van der Waals surface area contributed by atoms with Crippen LogP contribution in [0.25, 0.3) is 0 Å². The maximum atomic E-state index is 12.6. The minimum absolute atomic E-state index is 0.0131. The summed E-state index contributed by atoms with van der Waals surface area (Å²) in [7, 11) is 3.67. The van der Waals surface area contributed by atoms with Crippen LogP contribution in [0.3, 0.4) is 0 Å². The number of carbonyl (C=O) groups is 3. The average Bonchev–Trinajstić information content (AvgIpc) is 2.71. The fourth-order valence-electron chi connectivity index (χ4n) is 2.35. The van der Waals surface area contributed by atoms with Crippen LogP contribution in [0, 0.1) is 10.1 Å². The lowest BCUT2D eigenvalue weighted by molar-refractivity contribution is -0.385. The summed E-state index contributed by atoms with van der Waals surface area (Å²) in [6.07, 6.45) is 0. The Bertz CT molecular complexity index is 920. The molecule has 0 fully saturated rings. The van der Waals surface area contributed by atoms with Crippen molar-refractivity contribution in [2.45, 2.75) is 0 Å². The van der Waals surface area contributed by atoms with Crippen LogP contribution in [-0.2, 0) is 9.47 Å². The molecule has 2 rings (SSSR count). The molecule has 10 nitrogen and oxygen atoms in total. The normalized spacial score (nSPS) is 9.96. The summed E-state index contributed by atoms with van der Waals surface area (Å²) in [5.41, 5.74) is -0.671. The van der Waals surface area contributed by atoms with Crippen LogP contribution in [-0.4, -0.2) is 44.1 Å². The standard InChI is InChI=1S/C18H16N2O8/c1-26-13-4-5-15(20(24)25)14(9-13)16(21)19-12-7-10(17(22)27-2)6-11(8-12)18(23)28-3/h4-9H,1-3H3,(H,19,21). The first-order valence-electron chi connectivity index (χ1n) is 7.76. The summed E-state index contributed by atoms with van der Waals surface area (Å²) >= 11 is 0. The Balaban J connectivity index is 2.47. The van der Waals surface area contributed by atoms with Gasteiger partial charge in [0.1, 0.15) is 11.3 Å². The SMILES string of the molecule is COC(=O)c1cc(NC(=O)c2cc(OC)ccc2[N+](=O)[O-])cc(C(=O)OC)c1. The van der Waals surface area contributed by atoms with E-state index in [1.807, 2.05) is 0 Å². The number of nitrogens with one attached hydrogen (secondary N) is 1. The number of benzene rings is 2. The maximum Gasteiger partial charge on any atom is 0.337 e. The van der Waals surface area contributed by atoms with E-state index in [0.717, 1.165) is 20.3 Å². The van der Waals surface area contributed by atoms with Gasteiger partial charge < -0.3 is 19.5 Å². The lowest BCUT2D eigenvalue weighted by Gasteiger charge is -2.10. The molecule has 0 saturated carbocycles. The number of methoxy groups -OCH3 is 3. The van der Waals surface area contributed by atoms with Crippen molar-refractivity contribution < 1.29 is 33.5 Å². The highest BCUT2D eigenvalue weighted by Gasteiger charge is 2.22. The fourth-order valence-corrected chi connectivity index (χ4v) is 2.35. The number of rotatable bonds is 6. The minimum atomic E-state index is -0.830. The largest absolute Gasteiger partial charge is 0.497 e. The van der Waals surface area contributed by atoms with Crippen LogP contribution in [0.1, 0.15) is 31.1 Å². The van der Waals surface area contributed by atoms with Gasteiger partial charge in [-0.15, -0.1) is 0 Å². The molecule has 28 heavy (non-hydrogen) atoms. The van der Waals surface area contributed by atoms with Crippen molar-refractivity contribution in [2.24, 2.45) is 0 Å². The van der Waals surface area contributed by atoms with Crippen LogP contribution < -0.4 is 10.1 Å².